The van der Waals surface area contributed by atoms with Crippen LogP contribution in [0.15, 0.2) is 60.7 Å². The average Bonchev–Trinajstić information content (AvgIpc) is 3.57. The third-order valence-corrected chi connectivity index (χ3v) is 8.93. The van der Waals surface area contributed by atoms with E-state index in [0.29, 0.717) is 0 Å². The smallest absolute Gasteiger partial charge is 0.0457 e. The molecule has 2 fully saturated rings. The molecule has 188 valence electrons. The summed E-state index contributed by atoms with van der Waals surface area (Å²) >= 11 is 0. The summed E-state index contributed by atoms with van der Waals surface area (Å²) in [5.41, 5.74) is 9.66. The first-order valence-corrected chi connectivity index (χ1v) is 14.1. The molecule has 0 unspecified atom stereocenters. The SMILES string of the molecule is [2H]C1(c2ccccc2N(c2cc3c(cc2C2([2H])CCCC2)C(C)(C)c2ccccc2-3)C(C)(C)C)CCCC1. The number of para-hydroxylation sites is 1. The quantitative estimate of drug-likeness (QED) is 0.360. The normalized spacial score (nSPS) is 22.0. The largest absolute Gasteiger partial charge is 0.336 e. The fraction of sp³-hybridized carbons (Fsp3) is 0.486. The molecule has 0 aromatic heterocycles. The molecule has 3 aliphatic rings. The summed E-state index contributed by atoms with van der Waals surface area (Å²) in [5.74, 6) is -1.13. The van der Waals surface area contributed by atoms with E-state index in [9.17, 15) is 2.74 Å². The Labute approximate surface area is 221 Å². The minimum Gasteiger partial charge on any atom is -0.336 e. The van der Waals surface area contributed by atoms with E-state index in [4.69, 9.17) is 0 Å². The zero-order valence-electron chi connectivity index (χ0n) is 24.9. The van der Waals surface area contributed by atoms with E-state index in [1.807, 2.05) is 0 Å². The standard InChI is InChI=1S/C35H43N/c1-34(2,3)36(32-21-13-11-18-26(32)24-14-6-7-15-24)33-23-29-27-19-10-12-20-30(27)35(4,5)31(29)22-28(33)25-16-8-9-17-25/h10-13,18-25H,6-9,14-17H2,1-5H3/i24D,25D. The summed E-state index contributed by atoms with van der Waals surface area (Å²) in [7, 11) is 0. The highest BCUT2D eigenvalue weighted by Crippen LogP contribution is 2.54. The van der Waals surface area contributed by atoms with E-state index in [0.717, 1.165) is 68.3 Å². The van der Waals surface area contributed by atoms with Crippen LogP contribution >= 0.6 is 0 Å². The van der Waals surface area contributed by atoms with Crippen molar-refractivity contribution in [3.63, 3.8) is 0 Å². The average molecular weight is 480 g/mol. The molecule has 2 saturated carbocycles. The molecule has 0 bridgehead atoms. The second-order valence-corrected chi connectivity index (χ2v) is 12.7. The van der Waals surface area contributed by atoms with Crippen LogP contribution in [0.1, 0.15) is 123 Å². The molecule has 6 rings (SSSR count). The maximum atomic E-state index is 9.77. The predicted molar refractivity (Wildman–Crippen MR) is 155 cm³/mol. The summed E-state index contributed by atoms with van der Waals surface area (Å²) in [6, 6.07) is 22.4. The number of nitrogens with zero attached hydrogens (tertiary/aromatic N) is 1. The van der Waals surface area contributed by atoms with Gasteiger partial charge in [0.15, 0.2) is 0 Å². The lowest BCUT2D eigenvalue weighted by molar-refractivity contribution is 0.551. The van der Waals surface area contributed by atoms with Crippen molar-refractivity contribution in [1.82, 2.24) is 0 Å². The van der Waals surface area contributed by atoms with Gasteiger partial charge in [0.2, 0.25) is 0 Å². The van der Waals surface area contributed by atoms with Crippen molar-refractivity contribution >= 4 is 11.4 Å². The summed E-state index contributed by atoms with van der Waals surface area (Å²) in [6.07, 6.45) is 8.14. The van der Waals surface area contributed by atoms with Gasteiger partial charge < -0.3 is 4.90 Å². The molecule has 3 aromatic carbocycles. The zero-order valence-corrected chi connectivity index (χ0v) is 22.9. The summed E-state index contributed by atoms with van der Waals surface area (Å²) in [4.78, 5) is 2.50. The molecule has 3 aliphatic carbocycles. The van der Waals surface area contributed by atoms with Crippen LogP contribution in [0.3, 0.4) is 0 Å². The number of anilines is 2. The van der Waals surface area contributed by atoms with Gasteiger partial charge in [-0.05, 0) is 104 Å². The topological polar surface area (TPSA) is 3.24 Å². The van der Waals surface area contributed by atoms with E-state index in [2.05, 4.69) is 100 Å². The Morgan fingerprint density at radius 1 is 0.694 bits per heavy atom. The van der Waals surface area contributed by atoms with Gasteiger partial charge in [-0.2, -0.15) is 0 Å². The second kappa shape index (κ2) is 8.79. The maximum Gasteiger partial charge on any atom is 0.0457 e. The van der Waals surface area contributed by atoms with Crippen LogP contribution < -0.4 is 4.90 Å². The van der Waals surface area contributed by atoms with E-state index >= 15 is 0 Å². The molecule has 0 atom stereocenters. The number of rotatable bonds is 4. The lowest BCUT2D eigenvalue weighted by atomic mass is 9.80. The number of hydrogen-bond donors (Lipinski definition) is 0. The Kier molecular flexibility index (Phi) is 5.26. The fourth-order valence-corrected chi connectivity index (χ4v) is 7.17. The van der Waals surface area contributed by atoms with Gasteiger partial charge in [-0.3, -0.25) is 0 Å². The molecule has 0 spiro atoms. The Hall–Kier alpha value is -2.54. The first-order chi connectivity index (χ1) is 18.0. The second-order valence-electron chi connectivity index (χ2n) is 12.7. The summed E-state index contributed by atoms with van der Waals surface area (Å²) < 4.78 is 19.3. The van der Waals surface area contributed by atoms with Crippen molar-refractivity contribution in [3.05, 3.63) is 82.9 Å². The highest BCUT2D eigenvalue weighted by molar-refractivity contribution is 5.86. The highest BCUT2D eigenvalue weighted by Gasteiger charge is 2.39. The molecule has 0 aliphatic heterocycles. The van der Waals surface area contributed by atoms with Gasteiger partial charge in [-0.25, -0.2) is 0 Å². The molecule has 0 N–H and O–H groups in total. The molecule has 0 heterocycles. The van der Waals surface area contributed by atoms with E-state index in [1.165, 1.54) is 27.8 Å². The van der Waals surface area contributed by atoms with Crippen LogP contribution in [0.2, 0.25) is 0 Å². The number of fused-ring (bicyclic) bond motifs is 3. The van der Waals surface area contributed by atoms with Crippen molar-refractivity contribution < 1.29 is 2.74 Å². The minimum atomic E-state index is -0.584. The molecule has 1 heteroatoms. The van der Waals surface area contributed by atoms with Crippen molar-refractivity contribution in [2.45, 2.75) is 109 Å². The minimum absolute atomic E-state index is 0.0896. The number of benzene rings is 3. The van der Waals surface area contributed by atoms with E-state index in [1.54, 1.807) is 0 Å². The molecular formula is C35H43N. The van der Waals surface area contributed by atoms with Gasteiger partial charge in [0.25, 0.3) is 0 Å². The van der Waals surface area contributed by atoms with Crippen LogP contribution in [-0.2, 0) is 5.41 Å². The molecule has 0 radical (unpaired) electrons. The fourth-order valence-electron chi connectivity index (χ4n) is 7.17. The first kappa shape index (κ1) is 21.5. The summed E-state index contributed by atoms with van der Waals surface area (Å²) in [6.45, 7) is 11.5. The Balaban J connectivity index is 1.65. The van der Waals surface area contributed by atoms with Gasteiger partial charge in [0, 0.05) is 25.1 Å². The van der Waals surface area contributed by atoms with E-state index in [-0.39, 0.29) is 11.0 Å². The number of hydrogen-bond acceptors (Lipinski definition) is 1. The van der Waals surface area contributed by atoms with E-state index < -0.39 is 11.8 Å². The lowest BCUT2D eigenvalue weighted by Crippen LogP contribution is -2.39. The van der Waals surface area contributed by atoms with Crippen LogP contribution in [0.25, 0.3) is 11.1 Å². The van der Waals surface area contributed by atoms with Crippen molar-refractivity contribution in [1.29, 1.82) is 0 Å². The molecular weight excluding hydrogens is 434 g/mol. The van der Waals surface area contributed by atoms with Crippen LogP contribution in [0, 0.1) is 0 Å². The predicted octanol–water partition coefficient (Wildman–Crippen LogP) is 10.2. The highest BCUT2D eigenvalue weighted by atomic mass is 15.2. The van der Waals surface area contributed by atoms with Crippen LogP contribution in [0.5, 0.6) is 0 Å². The molecule has 36 heavy (non-hydrogen) atoms. The van der Waals surface area contributed by atoms with Gasteiger partial charge in [-0.1, -0.05) is 88.1 Å². The van der Waals surface area contributed by atoms with Gasteiger partial charge >= 0.3 is 0 Å². The maximum absolute atomic E-state index is 9.77. The van der Waals surface area contributed by atoms with Gasteiger partial charge in [0.05, 0.1) is 0 Å². The molecule has 0 saturated heterocycles. The van der Waals surface area contributed by atoms with Crippen LogP contribution in [0.4, 0.5) is 11.4 Å². The molecule has 3 aromatic rings. The van der Waals surface area contributed by atoms with Crippen LogP contribution in [-0.4, -0.2) is 5.54 Å². The van der Waals surface area contributed by atoms with Gasteiger partial charge in [-0.15, -0.1) is 0 Å². The van der Waals surface area contributed by atoms with Crippen molar-refractivity contribution in [2.75, 3.05) is 4.90 Å². The Bertz CT molecular complexity index is 1370. The zero-order chi connectivity index (χ0) is 26.9. The first-order valence-electron chi connectivity index (χ1n) is 15.1. The molecule has 1 nitrogen and oxygen atoms in total. The third-order valence-electron chi connectivity index (χ3n) is 8.93. The summed E-state index contributed by atoms with van der Waals surface area (Å²) in [5, 5.41) is 0. The molecule has 0 amide bonds. The Morgan fingerprint density at radius 3 is 1.94 bits per heavy atom. The lowest BCUT2D eigenvalue weighted by Gasteiger charge is -2.42. The van der Waals surface area contributed by atoms with Crippen molar-refractivity contribution in [3.8, 4) is 11.1 Å². The monoisotopic (exact) mass is 479 g/mol. The van der Waals surface area contributed by atoms with Gasteiger partial charge in [0.1, 0.15) is 0 Å². The third kappa shape index (κ3) is 3.82. The van der Waals surface area contributed by atoms with Crippen molar-refractivity contribution in [2.24, 2.45) is 0 Å². The Morgan fingerprint density at radius 2 is 1.28 bits per heavy atom.